The van der Waals surface area contributed by atoms with Gasteiger partial charge in [0.2, 0.25) is 0 Å². The fraction of sp³-hybridized carbons (Fsp3) is 0. The number of carbonyl (C=O) groups is 2. The van der Waals surface area contributed by atoms with Crippen molar-refractivity contribution < 1.29 is 19.8 Å². The zero-order chi connectivity index (χ0) is 14.0. The molecule has 19 heavy (non-hydrogen) atoms. The van der Waals surface area contributed by atoms with Crippen LogP contribution in [-0.4, -0.2) is 27.1 Å². The fourth-order valence-electron chi connectivity index (χ4n) is 1.66. The smallest absolute Gasteiger partial charge is 0.336 e. The van der Waals surface area contributed by atoms with Crippen molar-refractivity contribution in [2.45, 2.75) is 0 Å². The van der Waals surface area contributed by atoms with E-state index >= 15 is 0 Å². The molecule has 0 radical (unpaired) electrons. The van der Waals surface area contributed by atoms with E-state index in [2.05, 4.69) is 4.98 Å². The molecule has 1 heterocycles. The van der Waals surface area contributed by atoms with Crippen LogP contribution in [0.1, 0.15) is 20.7 Å². The number of rotatable bonds is 3. The van der Waals surface area contributed by atoms with Crippen LogP contribution in [0.15, 0.2) is 36.5 Å². The van der Waals surface area contributed by atoms with Crippen LogP contribution in [0.2, 0.25) is 5.15 Å². The molecule has 0 saturated carbocycles. The van der Waals surface area contributed by atoms with Gasteiger partial charge in [0.25, 0.3) is 0 Å². The number of aromatic nitrogens is 1. The second-order valence-electron chi connectivity index (χ2n) is 3.74. The molecule has 0 spiro atoms. The number of nitrogens with zero attached hydrogens (tertiary/aromatic N) is 1. The number of carboxylic acids is 2. The number of carboxylic acid groups (broad SMARTS) is 2. The Morgan fingerprint density at radius 3 is 2.47 bits per heavy atom. The van der Waals surface area contributed by atoms with Gasteiger partial charge in [0.15, 0.2) is 0 Å². The molecule has 0 atom stereocenters. The van der Waals surface area contributed by atoms with Crippen LogP contribution in [0.4, 0.5) is 0 Å². The van der Waals surface area contributed by atoms with Crippen molar-refractivity contribution in [2.75, 3.05) is 0 Å². The molecule has 0 amide bonds. The number of aromatic carboxylic acids is 2. The van der Waals surface area contributed by atoms with Gasteiger partial charge >= 0.3 is 11.9 Å². The maximum absolute atomic E-state index is 11.2. The molecular weight excluding hydrogens is 270 g/mol. The molecule has 5 nitrogen and oxygen atoms in total. The molecule has 0 saturated heterocycles. The lowest BCUT2D eigenvalue weighted by Gasteiger charge is -2.07. The molecule has 0 aliphatic rings. The van der Waals surface area contributed by atoms with Gasteiger partial charge in [0.05, 0.1) is 11.1 Å². The summed E-state index contributed by atoms with van der Waals surface area (Å²) in [5.41, 5.74) is 0.827. The summed E-state index contributed by atoms with van der Waals surface area (Å²) >= 11 is 5.66. The van der Waals surface area contributed by atoms with Gasteiger partial charge < -0.3 is 10.2 Å². The number of hydrogen-bond acceptors (Lipinski definition) is 3. The average molecular weight is 278 g/mol. The van der Waals surface area contributed by atoms with Crippen molar-refractivity contribution >= 4 is 23.5 Å². The summed E-state index contributed by atoms with van der Waals surface area (Å²) in [7, 11) is 0. The van der Waals surface area contributed by atoms with Crippen LogP contribution in [0.5, 0.6) is 0 Å². The SMILES string of the molecule is O=C(O)c1cccc(-c2cnc(Cl)cc2C(=O)O)c1. The molecular formula is C13H8ClNO4. The first-order valence-corrected chi connectivity index (χ1v) is 5.59. The first kappa shape index (κ1) is 13.0. The lowest BCUT2D eigenvalue weighted by molar-refractivity contribution is 0.0687. The summed E-state index contributed by atoms with van der Waals surface area (Å²) in [6.07, 6.45) is 1.31. The molecule has 0 aliphatic carbocycles. The number of pyridine rings is 1. The second kappa shape index (κ2) is 5.07. The summed E-state index contributed by atoms with van der Waals surface area (Å²) in [4.78, 5) is 25.9. The molecule has 2 aromatic rings. The van der Waals surface area contributed by atoms with Crippen LogP contribution in [0.25, 0.3) is 11.1 Å². The maximum Gasteiger partial charge on any atom is 0.336 e. The highest BCUT2D eigenvalue weighted by Gasteiger charge is 2.14. The molecule has 96 valence electrons. The van der Waals surface area contributed by atoms with Gasteiger partial charge in [0.1, 0.15) is 5.15 Å². The molecule has 2 rings (SSSR count). The summed E-state index contributed by atoms with van der Waals surface area (Å²) < 4.78 is 0. The molecule has 1 aromatic carbocycles. The predicted molar refractivity (Wildman–Crippen MR) is 68.6 cm³/mol. The van der Waals surface area contributed by atoms with Gasteiger partial charge in [-0.15, -0.1) is 0 Å². The molecule has 0 aliphatic heterocycles. The maximum atomic E-state index is 11.2. The quantitative estimate of drug-likeness (QED) is 0.842. The molecule has 0 bridgehead atoms. The Morgan fingerprint density at radius 2 is 1.84 bits per heavy atom. The zero-order valence-electron chi connectivity index (χ0n) is 9.50. The van der Waals surface area contributed by atoms with Gasteiger partial charge in [-0.2, -0.15) is 0 Å². The summed E-state index contributed by atoms with van der Waals surface area (Å²) in [5, 5.41) is 18.1. The van der Waals surface area contributed by atoms with Gasteiger partial charge in [-0.05, 0) is 23.8 Å². The Labute approximate surface area is 113 Å². The van der Waals surface area contributed by atoms with Crippen molar-refractivity contribution in [1.29, 1.82) is 0 Å². The number of benzene rings is 1. The van der Waals surface area contributed by atoms with E-state index in [1.807, 2.05) is 0 Å². The third-order valence-electron chi connectivity index (χ3n) is 2.52. The van der Waals surface area contributed by atoms with Crippen LogP contribution in [0.3, 0.4) is 0 Å². The minimum atomic E-state index is -1.15. The van der Waals surface area contributed by atoms with E-state index in [0.717, 1.165) is 0 Å². The molecule has 1 aromatic heterocycles. The molecule has 0 fully saturated rings. The van der Waals surface area contributed by atoms with E-state index in [4.69, 9.17) is 21.8 Å². The largest absolute Gasteiger partial charge is 0.478 e. The van der Waals surface area contributed by atoms with Crippen LogP contribution in [0, 0.1) is 0 Å². The van der Waals surface area contributed by atoms with Gasteiger partial charge in [0, 0.05) is 11.8 Å². The zero-order valence-corrected chi connectivity index (χ0v) is 10.3. The van der Waals surface area contributed by atoms with E-state index in [1.54, 1.807) is 12.1 Å². The average Bonchev–Trinajstić information content (AvgIpc) is 2.38. The van der Waals surface area contributed by atoms with E-state index in [9.17, 15) is 9.59 Å². The van der Waals surface area contributed by atoms with Crippen LogP contribution < -0.4 is 0 Å². The normalized spacial score (nSPS) is 10.2. The molecule has 0 unspecified atom stereocenters. The molecule has 6 heteroatoms. The standard InChI is InChI=1S/C13H8ClNO4/c14-11-5-9(13(18)19)10(6-15-11)7-2-1-3-8(4-7)12(16)17/h1-6H,(H,16,17)(H,18,19). The molecule has 2 N–H and O–H groups in total. The minimum absolute atomic E-state index is 0.0254. The Hall–Kier alpha value is -2.40. The topological polar surface area (TPSA) is 87.5 Å². The van der Waals surface area contributed by atoms with E-state index in [-0.39, 0.29) is 16.3 Å². The van der Waals surface area contributed by atoms with Crippen LogP contribution >= 0.6 is 11.6 Å². The van der Waals surface area contributed by atoms with E-state index in [1.165, 1.54) is 24.4 Å². The van der Waals surface area contributed by atoms with Crippen LogP contribution in [-0.2, 0) is 0 Å². The van der Waals surface area contributed by atoms with Crippen molar-refractivity contribution in [1.82, 2.24) is 4.98 Å². The highest BCUT2D eigenvalue weighted by atomic mass is 35.5. The first-order valence-electron chi connectivity index (χ1n) is 5.21. The first-order chi connectivity index (χ1) is 8.99. The number of halogens is 1. The predicted octanol–water partition coefficient (Wildman–Crippen LogP) is 2.80. The summed E-state index contributed by atoms with van der Waals surface area (Å²) in [5.74, 6) is -2.24. The van der Waals surface area contributed by atoms with Gasteiger partial charge in [-0.25, -0.2) is 14.6 Å². The third kappa shape index (κ3) is 2.71. The summed E-state index contributed by atoms with van der Waals surface area (Å²) in [6, 6.07) is 7.20. The highest BCUT2D eigenvalue weighted by Crippen LogP contribution is 2.25. The highest BCUT2D eigenvalue weighted by molar-refractivity contribution is 6.29. The van der Waals surface area contributed by atoms with Crippen molar-refractivity contribution in [2.24, 2.45) is 0 Å². The fourth-order valence-corrected chi connectivity index (χ4v) is 1.81. The van der Waals surface area contributed by atoms with Gasteiger partial charge in [-0.1, -0.05) is 23.7 Å². The number of hydrogen-bond donors (Lipinski definition) is 2. The van der Waals surface area contributed by atoms with Crippen molar-refractivity contribution in [3.05, 3.63) is 52.8 Å². The Kier molecular flexibility index (Phi) is 3.48. The van der Waals surface area contributed by atoms with E-state index in [0.29, 0.717) is 11.1 Å². The van der Waals surface area contributed by atoms with Crippen molar-refractivity contribution in [3.63, 3.8) is 0 Å². The monoisotopic (exact) mass is 277 g/mol. The Morgan fingerprint density at radius 1 is 1.11 bits per heavy atom. The Balaban J connectivity index is 2.61. The second-order valence-corrected chi connectivity index (χ2v) is 4.13. The van der Waals surface area contributed by atoms with Gasteiger partial charge in [-0.3, -0.25) is 0 Å². The minimum Gasteiger partial charge on any atom is -0.478 e. The summed E-state index contributed by atoms with van der Waals surface area (Å²) in [6.45, 7) is 0. The van der Waals surface area contributed by atoms with Crippen molar-refractivity contribution in [3.8, 4) is 11.1 Å². The lowest BCUT2D eigenvalue weighted by atomic mass is 10.0. The Bertz CT molecular complexity index is 669. The lowest BCUT2D eigenvalue weighted by Crippen LogP contribution is -2.02. The third-order valence-corrected chi connectivity index (χ3v) is 2.73. The van der Waals surface area contributed by atoms with E-state index < -0.39 is 11.9 Å².